The molecular weight excluding hydrogens is 368 g/mol. The first-order valence-corrected chi connectivity index (χ1v) is 9.69. The van der Waals surface area contributed by atoms with E-state index >= 15 is 0 Å². The van der Waals surface area contributed by atoms with Crippen molar-refractivity contribution in [2.75, 3.05) is 76.6 Å². The standard InChI is InChI=1S/C19H32N2O7/c1-3-25-9-10-27-13-14-28-12-11-26-8-7-21-17-16(18(23)19(17)24)20-6-4-5-15(2)22/h20-21H,3-14H2,1-2H3. The first kappa shape index (κ1) is 24.2. The lowest BCUT2D eigenvalue weighted by Gasteiger charge is -2.14. The maximum atomic E-state index is 11.6. The molecule has 1 aromatic carbocycles. The Morgan fingerprint density at radius 2 is 1.21 bits per heavy atom. The smallest absolute Gasteiger partial charge is 0.253 e. The van der Waals surface area contributed by atoms with Gasteiger partial charge in [-0.2, -0.15) is 0 Å². The molecular formula is C19H32N2O7. The Kier molecular flexibility index (Phi) is 13.1. The number of nitrogens with one attached hydrogen (secondary N) is 2. The second kappa shape index (κ2) is 15.2. The largest absolute Gasteiger partial charge is 0.380 e. The minimum Gasteiger partial charge on any atom is -0.380 e. The monoisotopic (exact) mass is 400 g/mol. The quantitative estimate of drug-likeness (QED) is 0.254. The lowest BCUT2D eigenvalue weighted by molar-refractivity contribution is -0.117. The van der Waals surface area contributed by atoms with Gasteiger partial charge in [-0.05, 0) is 20.3 Å². The highest BCUT2D eigenvalue weighted by Crippen LogP contribution is 2.13. The third-order valence-electron chi connectivity index (χ3n) is 3.79. The highest BCUT2D eigenvalue weighted by molar-refractivity contribution is 5.76. The van der Waals surface area contributed by atoms with Crippen molar-refractivity contribution in [3.05, 3.63) is 20.4 Å². The Hall–Kier alpha value is -1.81. The van der Waals surface area contributed by atoms with Crippen LogP contribution >= 0.6 is 0 Å². The number of hydrogen-bond donors (Lipinski definition) is 2. The molecule has 0 aromatic heterocycles. The van der Waals surface area contributed by atoms with Gasteiger partial charge in [-0.25, -0.2) is 0 Å². The van der Waals surface area contributed by atoms with Gasteiger partial charge in [0.15, 0.2) is 0 Å². The van der Waals surface area contributed by atoms with Crippen LogP contribution < -0.4 is 21.5 Å². The summed E-state index contributed by atoms with van der Waals surface area (Å²) in [5.74, 6) is 0.0976. The summed E-state index contributed by atoms with van der Waals surface area (Å²) >= 11 is 0. The molecule has 28 heavy (non-hydrogen) atoms. The third kappa shape index (κ3) is 9.93. The van der Waals surface area contributed by atoms with Crippen LogP contribution in [-0.2, 0) is 23.7 Å². The second-order valence-corrected chi connectivity index (χ2v) is 6.10. The van der Waals surface area contributed by atoms with Crippen molar-refractivity contribution in [1.82, 2.24) is 0 Å². The topological polar surface area (TPSA) is 112 Å². The van der Waals surface area contributed by atoms with Gasteiger partial charge >= 0.3 is 0 Å². The molecule has 1 rings (SSSR count). The maximum Gasteiger partial charge on any atom is 0.253 e. The second-order valence-electron chi connectivity index (χ2n) is 6.10. The molecule has 0 spiro atoms. The van der Waals surface area contributed by atoms with Crippen LogP contribution in [0.25, 0.3) is 0 Å². The van der Waals surface area contributed by atoms with E-state index in [0.29, 0.717) is 84.5 Å². The number of ketones is 1. The fourth-order valence-corrected chi connectivity index (χ4v) is 2.33. The molecule has 0 saturated heterocycles. The first-order chi connectivity index (χ1) is 13.6. The zero-order valence-electron chi connectivity index (χ0n) is 16.8. The van der Waals surface area contributed by atoms with Crippen molar-refractivity contribution in [3.8, 4) is 0 Å². The summed E-state index contributed by atoms with van der Waals surface area (Å²) in [5, 5.41) is 5.83. The average molecular weight is 400 g/mol. The molecule has 160 valence electrons. The fraction of sp³-hybridized carbons (Fsp3) is 0.737. The fourth-order valence-electron chi connectivity index (χ4n) is 2.33. The Morgan fingerprint density at radius 3 is 1.71 bits per heavy atom. The highest BCUT2D eigenvalue weighted by Gasteiger charge is 2.19. The maximum absolute atomic E-state index is 11.6. The summed E-state index contributed by atoms with van der Waals surface area (Å²) in [4.78, 5) is 34.1. The van der Waals surface area contributed by atoms with Crippen LogP contribution in [0.5, 0.6) is 0 Å². The molecule has 0 bridgehead atoms. The van der Waals surface area contributed by atoms with E-state index in [1.54, 1.807) is 0 Å². The van der Waals surface area contributed by atoms with Crippen LogP contribution in [0.1, 0.15) is 26.7 Å². The van der Waals surface area contributed by atoms with Crippen molar-refractivity contribution >= 4 is 17.2 Å². The zero-order valence-corrected chi connectivity index (χ0v) is 16.8. The van der Waals surface area contributed by atoms with Crippen molar-refractivity contribution in [3.63, 3.8) is 0 Å². The molecule has 0 fully saturated rings. The van der Waals surface area contributed by atoms with Crippen LogP contribution in [0.2, 0.25) is 0 Å². The number of carbonyl (C=O) groups excluding carboxylic acids is 1. The van der Waals surface area contributed by atoms with Crippen LogP contribution in [-0.4, -0.2) is 71.7 Å². The van der Waals surface area contributed by atoms with E-state index in [-0.39, 0.29) is 11.5 Å². The van der Waals surface area contributed by atoms with Gasteiger partial charge in [0.05, 0.1) is 46.2 Å². The van der Waals surface area contributed by atoms with E-state index in [9.17, 15) is 14.4 Å². The number of Topliss-reactive ketones (excluding diaryl/α,β-unsaturated/α-hetero) is 1. The third-order valence-corrected chi connectivity index (χ3v) is 3.79. The molecule has 9 nitrogen and oxygen atoms in total. The summed E-state index contributed by atoms with van der Waals surface area (Å²) in [7, 11) is 0. The Balaban J connectivity index is 2.02. The summed E-state index contributed by atoms with van der Waals surface area (Å²) < 4.78 is 21.2. The molecule has 0 aliphatic carbocycles. The van der Waals surface area contributed by atoms with E-state index in [4.69, 9.17) is 18.9 Å². The van der Waals surface area contributed by atoms with Crippen LogP contribution in [0, 0.1) is 0 Å². The molecule has 0 heterocycles. The van der Waals surface area contributed by atoms with E-state index < -0.39 is 10.9 Å². The van der Waals surface area contributed by atoms with Gasteiger partial charge in [0.1, 0.15) is 17.2 Å². The van der Waals surface area contributed by atoms with Gasteiger partial charge in [-0.1, -0.05) is 0 Å². The minimum atomic E-state index is -0.526. The number of carbonyl (C=O) groups is 1. The van der Waals surface area contributed by atoms with E-state index in [2.05, 4.69) is 10.6 Å². The Labute approximate surface area is 165 Å². The zero-order chi connectivity index (χ0) is 20.6. The molecule has 0 aliphatic heterocycles. The summed E-state index contributed by atoms with van der Waals surface area (Å²) in [6.45, 7) is 8.47. The van der Waals surface area contributed by atoms with Crippen LogP contribution in [0.15, 0.2) is 9.59 Å². The molecule has 0 unspecified atom stereocenters. The van der Waals surface area contributed by atoms with Crippen LogP contribution in [0.3, 0.4) is 0 Å². The molecule has 0 amide bonds. The summed E-state index contributed by atoms with van der Waals surface area (Å²) in [5.41, 5.74) is -0.469. The average Bonchev–Trinajstić information content (AvgIpc) is 2.68. The SMILES string of the molecule is CCOCCOCCOCCOCCNc1c(NCCCC(C)=O)c(=O)c1=O. The van der Waals surface area contributed by atoms with Crippen molar-refractivity contribution < 1.29 is 23.7 Å². The van der Waals surface area contributed by atoms with Gasteiger partial charge in [-0.15, -0.1) is 0 Å². The molecule has 1 aromatic rings. The van der Waals surface area contributed by atoms with Crippen molar-refractivity contribution in [2.45, 2.75) is 26.7 Å². The van der Waals surface area contributed by atoms with Gasteiger partial charge < -0.3 is 34.4 Å². The van der Waals surface area contributed by atoms with E-state index in [1.165, 1.54) is 6.92 Å². The number of anilines is 2. The van der Waals surface area contributed by atoms with Crippen molar-refractivity contribution in [2.24, 2.45) is 0 Å². The normalized spacial score (nSPS) is 11.1. The number of hydrogen-bond acceptors (Lipinski definition) is 9. The lowest BCUT2D eigenvalue weighted by atomic mass is 10.1. The molecule has 0 saturated carbocycles. The number of rotatable bonds is 19. The Morgan fingerprint density at radius 1 is 0.750 bits per heavy atom. The van der Waals surface area contributed by atoms with Crippen molar-refractivity contribution in [1.29, 1.82) is 0 Å². The predicted molar refractivity (Wildman–Crippen MR) is 107 cm³/mol. The predicted octanol–water partition coefficient (Wildman–Crippen LogP) is 0.562. The molecule has 9 heteroatoms. The Bertz CT molecular complexity index is 626. The molecule has 0 aliphatic rings. The number of ether oxygens (including phenoxy) is 4. The minimum absolute atomic E-state index is 0.0976. The highest BCUT2D eigenvalue weighted by atomic mass is 16.6. The summed E-state index contributed by atoms with van der Waals surface area (Å²) in [6.07, 6.45) is 1.06. The lowest BCUT2D eigenvalue weighted by Crippen LogP contribution is -2.38. The van der Waals surface area contributed by atoms with E-state index in [1.807, 2.05) is 6.92 Å². The van der Waals surface area contributed by atoms with Crippen LogP contribution in [0.4, 0.5) is 11.4 Å². The van der Waals surface area contributed by atoms with E-state index in [0.717, 1.165) is 0 Å². The molecule has 2 N–H and O–H groups in total. The van der Waals surface area contributed by atoms with Gasteiger partial charge in [0.25, 0.3) is 10.9 Å². The van der Waals surface area contributed by atoms with Gasteiger partial charge in [-0.3, -0.25) is 9.59 Å². The van der Waals surface area contributed by atoms with Gasteiger partial charge in [0.2, 0.25) is 0 Å². The molecule has 0 radical (unpaired) electrons. The van der Waals surface area contributed by atoms with Gasteiger partial charge in [0, 0.05) is 26.1 Å². The first-order valence-electron chi connectivity index (χ1n) is 9.69. The summed E-state index contributed by atoms with van der Waals surface area (Å²) in [6, 6.07) is 0. The molecule has 0 atom stereocenters.